The molecule has 0 aromatic heterocycles. The number of halogens is 4. The number of aliphatic hydroxyl groups is 1. The predicted molar refractivity (Wildman–Crippen MR) is 48.6 cm³/mol. The number of benzene rings is 1. The molecule has 6 heteroatoms. The molecule has 0 radical (unpaired) electrons. The Morgan fingerprint density at radius 1 is 1.25 bits per heavy atom. The van der Waals surface area contributed by atoms with E-state index in [0.29, 0.717) is 0 Å². The van der Waals surface area contributed by atoms with E-state index in [0.717, 1.165) is 13.0 Å². The number of rotatable bonds is 4. The van der Waals surface area contributed by atoms with E-state index in [-0.39, 0.29) is 11.3 Å². The van der Waals surface area contributed by atoms with Crippen LogP contribution in [0.3, 0.4) is 0 Å². The number of hydrogen-bond acceptors (Lipinski definition) is 2. The summed E-state index contributed by atoms with van der Waals surface area (Å²) >= 11 is 0. The highest BCUT2D eigenvalue weighted by molar-refractivity contribution is 5.32. The van der Waals surface area contributed by atoms with Crippen LogP contribution in [0, 0.1) is 0 Å². The number of ether oxygens (including phenoxy) is 1. The summed E-state index contributed by atoms with van der Waals surface area (Å²) in [5.41, 5.74) is -2.57. The summed E-state index contributed by atoms with van der Waals surface area (Å²) in [5.74, 6) is -0.270. The van der Waals surface area contributed by atoms with E-state index in [2.05, 4.69) is 4.74 Å². The van der Waals surface area contributed by atoms with Crippen LogP contribution in [0.2, 0.25) is 0 Å². The summed E-state index contributed by atoms with van der Waals surface area (Å²) < 4.78 is 52.7. The lowest BCUT2D eigenvalue weighted by Gasteiger charge is -2.23. The van der Waals surface area contributed by atoms with Crippen LogP contribution >= 0.6 is 0 Å². The molecule has 0 bridgehead atoms. The van der Waals surface area contributed by atoms with E-state index >= 15 is 0 Å². The summed E-state index contributed by atoms with van der Waals surface area (Å²) in [7, 11) is 0. The van der Waals surface area contributed by atoms with Crippen molar-refractivity contribution in [1.82, 2.24) is 0 Å². The summed E-state index contributed by atoms with van der Waals surface area (Å²) in [6.07, 6.45) is -3.02. The quantitative estimate of drug-likeness (QED) is 0.817. The number of hydrogen-bond donors (Lipinski definition) is 1. The molecular formula is C10H10F4O2. The first-order chi connectivity index (χ1) is 7.34. The fourth-order valence-corrected chi connectivity index (χ4v) is 1.11. The molecule has 1 rings (SSSR count). The highest BCUT2D eigenvalue weighted by Gasteiger charge is 2.34. The zero-order valence-corrected chi connectivity index (χ0v) is 8.33. The van der Waals surface area contributed by atoms with Crippen molar-refractivity contribution in [3.8, 4) is 5.75 Å². The standard InChI is InChI=1S/C10H10F4O2/c1-10(15,8(11)12)6-3-2-4-7(5-6)16-9(13)14/h2-5,8-9,15H,1H3. The van der Waals surface area contributed by atoms with Crippen molar-refractivity contribution in [1.29, 1.82) is 0 Å². The Bertz CT molecular complexity index is 352. The van der Waals surface area contributed by atoms with Crippen molar-refractivity contribution >= 4 is 0 Å². The lowest BCUT2D eigenvalue weighted by Crippen LogP contribution is -2.30. The van der Waals surface area contributed by atoms with Gasteiger partial charge in [0.05, 0.1) is 0 Å². The van der Waals surface area contributed by atoms with Crippen molar-refractivity contribution < 1.29 is 27.4 Å². The molecule has 0 spiro atoms. The lowest BCUT2D eigenvalue weighted by molar-refractivity contribution is -0.0889. The molecule has 0 aliphatic heterocycles. The largest absolute Gasteiger partial charge is 0.435 e. The highest BCUT2D eigenvalue weighted by atomic mass is 19.3. The third-order valence-electron chi connectivity index (χ3n) is 2.07. The molecule has 0 saturated heterocycles. The van der Waals surface area contributed by atoms with Crippen LogP contribution < -0.4 is 4.74 Å². The zero-order valence-electron chi connectivity index (χ0n) is 8.33. The molecule has 2 nitrogen and oxygen atoms in total. The minimum atomic E-state index is -3.04. The molecule has 0 amide bonds. The molecule has 1 atom stereocenters. The van der Waals surface area contributed by atoms with Gasteiger partial charge in [0.1, 0.15) is 11.4 Å². The highest BCUT2D eigenvalue weighted by Crippen LogP contribution is 2.30. The van der Waals surface area contributed by atoms with Gasteiger partial charge in [0.25, 0.3) is 6.43 Å². The smallest absolute Gasteiger partial charge is 0.387 e. The summed E-state index contributed by atoms with van der Waals surface area (Å²) in [5, 5.41) is 9.43. The second-order valence-electron chi connectivity index (χ2n) is 3.35. The van der Waals surface area contributed by atoms with Crippen molar-refractivity contribution in [2.24, 2.45) is 0 Å². The molecule has 1 unspecified atom stereocenters. The maximum absolute atomic E-state index is 12.5. The van der Waals surface area contributed by atoms with E-state index in [1.807, 2.05) is 0 Å². The van der Waals surface area contributed by atoms with Crippen molar-refractivity contribution in [2.75, 3.05) is 0 Å². The Balaban J connectivity index is 2.98. The van der Waals surface area contributed by atoms with Gasteiger partial charge < -0.3 is 9.84 Å². The van der Waals surface area contributed by atoms with Gasteiger partial charge >= 0.3 is 6.61 Å². The van der Waals surface area contributed by atoms with Gasteiger partial charge in [0.2, 0.25) is 0 Å². The topological polar surface area (TPSA) is 29.5 Å². The Morgan fingerprint density at radius 3 is 2.38 bits per heavy atom. The van der Waals surface area contributed by atoms with Gasteiger partial charge in [0, 0.05) is 0 Å². The lowest BCUT2D eigenvalue weighted by atomic mass is 9.96. The molecule has 1 aromatic rings. The van der Waals surface area contributed by atoms with E-state index < -0.39 is 18.6 Å². The maximum atomic E-state index is 12.5. The van der Waals surface area contributed by atoms with Crippen LogP contribution in [0.15, 0.2) is 24.3 Å². The van der Waals surface area contributed by atoms with Gasteiger partial charge in [-0.1, -0.05) is 12.1 Å². The Labute approximate surface area is 89.5 Å². The average Bonchev–Trinajstić information content (AvgIpc) is 2.16. The maximum Gasteiger partial charge on any atom is 0.387 e. The summed E-state index contributed by atoms with van der Waals surface area (Å²) in [6.45, 7) is -2.13. The SMILES string of the molecule is CC(O)(c1cccc(OC(F)F)c1)C(F)F. The first kappa shape index (κ1) is 12.8. The predicted octanol–water partition coefficient (Wildman–Crippen LogP) is 2.76. The van der Waals surface area contributed by atoms with Gasteiger partial charge in [0.15, 0.2) is 0 Å². The van der Waals surface area contributed by atoms with E-state index in [4.69, 9.17) is 0 Å². The molecule has 16 heavy (non-hydrogen) atoms. The molecule has 0 saturated carbocycles. The zero-order chi connectivity index (χ0) is 12.3. The summed E-state index contributed by atoms with van der Waals surface area (Å²) in [4.78, 5) is 0. The average molecular weight is 238 g/mol. The van der Waals surface area contributed by atoms with Gasteiger partial charge in [-0.15, -0.1) is 0 Å². The molecule has 90 valence electrons. The van der Waals surface area contributed by atoms with Crippen LogP contribution in [0.4, 0.5) is 17.6 Å². The molecular weight excluding hydrogens is 228 g/mol. The van der Waals surface area contributed by atoms with Crippen LogP contribution in [0.5, 0.6) is 5.75 Å². The second kappa shape index (κ2) is 4.69. The first-order valence-electron chi connectivity index (χ1n) is 4.40. The van der Waals surface area contributed by atoms with Gasteiger partial charge in [-0.3, -0.25) is 0 Å². The minimum Gasteiger partial charge on any atom is -0.435 e. The molecule has 0 fully saturated rings. The molecule has 0 heterocycles. The molecule has 1 N–H and O–H groups in total. The third-order valence-corrected chi connectivity index (χ3v) is 2.07. The number of alkyl halides is 4. The third kappa shape index (κ3) is 2.85. The summed E-state index contributed by atoms with van der Waals surface area (Å²) in [6, 6.07) is 4.61. The van der Waals surface area contributed by atoms with Gasteiger partial charge in [-0.25, -0.2) is 8.78 Å². The van der Waals surface area contributed by atoms with E-state index in [1.165, 1.54) is 18.2 Å². The van der Waals surface area contributed by atoms with Crippen molar-refractivity contribution in [3.05, 3.63) is 29.8 Å². The van der Waals surface area contributed by atoms with Crippen LogP contribution in [0.25, 0.3) is 0 Å². The fourth-order valence-electron chi connectivity index (χ4n) is 1.11. The molecule has 0 aliphatic carbocycles. The van der Waals surface area contributed by atoms with Gasteiger partial charge in [-0.05, 0) is 24.6 Å². The van der Waals surface area contributed by atoms with Crippen LogP contribution in [-0.4, -0.2) is 18.1 Å². The van der Waals surface area contributed by atoms with Crippen molar-refractivity contribution in [2.45, 2.75) is 25.6 Å². The first-order valence-corrected chi connectivity index (χ1v) is 4.40. The Hall–Kier alpha value is -1.30. The van der Waals surface area contributed by atoms with Crippen LogP contribution in [-0.2, 0) is 5.60 Å². The normalized spacial score (nSPS) is 15.2. The van der Waals surface area contributed by atoms with Gasteiger partial charge in [-0.2, -0.15) is 8.78 Å². The second-order valence-corrected chi connectivity index (χ2v) is 3.35. The van der Waals surface area contributed by atoms with E-state index in [1.54, 1.807) is 0 Å². The molecule has 0 aliphatic rings. The van der Waals surface area contributed by atoms with Crippen LogP contribution in [0.1, 0.15) is 12.5 Å². The monoisotopic (exact) mass is 238 g/mol. The Morgan fingerprint density at radius 2 is 1.88 bits per heavy atom. The van der Waals surface area contributed by atoms with E-state index in [9.17, 15) is 22.7 Å². The van der Waals surface area contributed by atoms with Crippen molar-refractivity contribution in [3.63, 3.8) is 0 Å². The Kier molecular flexibility index (Phi) is 3.74. The molecule has 1 aromatic carbocycles. The minimum absolute atomic E-state index is 0.180. The fraction of sp³-hybridized carbons (Fsp3) is 0.400.